The van der Waals surface area contributed by atoms with Crippen molar-refractivity contribution in [3.8, 4) is 11.8 Å². The maximum absolute atomic E-state index is 13.4. The Morgan fingerprint density at radius 2 is 1.94 bits per heavy atom. The van der Waals surface area contributed by atoms with Gasteiger partial charge in [-0.2, -0.15) is 0 Å². The van der Waals surface area contributed by atoms with Crippen LogP contribution in [0.25, 0.3) is 0 Å². The Bertz CT molecular complexity index is 1050. The second-order valence-corrected chi connectivity index (χ2v) is 10.7. The van der Waals surface area contributed by atoms with Crippen molar-refractivity contribution in [3.63, 3.8) is 0 Å². The van der Waals surface area contributed by atoms with Gasteiger partial charge in [-0.1, -0.05) is 18.1 Å². The van der Waals surface area contributed by atoms with Crippen LogP contribution in [0.3, 0.4) is 0 Å². The number of benzene rings is 1. The Morgan fingerprint density at radius 3 is 2.58 bits per heavy atom. The number of ether oxygens (including phenoxy) is 3. The van der Waals surface area contributed by atoms with Crippen molar-refractivity contribution in [3.05, 3.63) is 35.4 Å². The lowest BCUT2D eigenvalue weighted by Crippen LogP contribution is -2.54. The number of hydrogen-bond acceptors (Lipinski definition) is 6. The summed E-state index contributed by atoms with van der Waals surface area (Å²) in [6.45, 7) is 9.44. The van der Waals surface area contributed by atoms with Crippen LogP contribution >= 0.6 is 0 Å². The van der Waals surface area contributed by atoms with Crippen LogP contribution in [0.5, 0.6) is 0 Å². The fraction of sp³-hybridized carbons (Fsp3) is 0.607. The van der Waals surface area contributed by atoms with E-state index in [1.807, 2.05) is 31.2 Å². The van der Waals surface area contributed by atoms with E-state index in [-0.39, 0.29) is 18.1 Å². The topological polar surface area (TPSA) is 85.4 Å². The van der Waals surface area contributed by atoms with Crippen LogP contribution in [0.4, 0.5) is 9.59 Å². The van der Waals surface area contributed by atoms with Gasteiger partial charge in [-0.15, -0.1) is 0 Å². The molecule has 0 N–H and O–H groups in total. The molecule has 8 heteroatoms. The number of aryl methyl sites for hydroxylation is 1. The number of carbonyl (C=O) groups excluding carboxylic acids is 3. The zero-order chi connectivity index (χ0) is 26.7. The normalized spacial score (nSPS) is 24.0. The van der Waals surface area contributed by atoms with Crippen molar-refractivity contribution >= 4 is 18.2 Å². The molecule has 1 aliphatic heterocycles. The summed E-state index contributed by atoms with van der Waals surface area (Å²) >= 11 is 0. The van der Waals surface area contributed by atoms with E-state index in [0.717, 1.165) is 24.0 Å². The molecule has 1 saturated heterocycles. The molecule has 1 heterocycles. The van der Waals surface area contributed by atoms with Gasteiger partial charge in [0.1, 0.15) is 11.6 Å². The van der Waals surface area contributed by atoms with E-state index in [1.165, 1.54) is 19.1 Å². The molecular formula is C28H38N2O6. The van der Waals surface area contributed by atoms with Crippen LogP contribution in [0.2, 0.25) is 0 Å². The Morgan fingerprint density at radius 1 is 1.22 bits per heavy atom. The number of fused-ring (bicyclic) bond motifs is 1. The van der Waals surface area contributed by atoms with E-state index in [2.05, 4.69) is 11.8 Å². The molecule has 8 nitrogen and oxygen atoms in total. The first kappa shape index (κ1) is 27.4. The highest BCUT2D eigenvalue weighted by molar-refractivity contribution is 5.81. The molecule has 0 spiro atoms. The molecule has 0 aromatic heterocycles. The molecule has 1 saturated carbocycles. The molecule has 1 aromatic rings. The molecule has 0 unspecified atom stereocenters. The molecular weight excluding hydrogens is 460 g/mol. The van der Waals surface area contributed by atoms with E-state index >= 15 is 0 Å². The van der Waals surface area contributed by atoms with Crippen LogP contribution in [0, 0.1) is 24.7 Å². The number of nitrogens with zero attached hydrogens (tertiary/aromatic N) is 2. The van der Waals surface area contributed by atoms with Crippen molar-refractivity contribution in [2.75, 3.05) is 20.7 Å². The van der Waals surface area contributed by atoms with Gasteiger partial charge in [-0.3, -0.25) is 4.90 Å². The quantitative estimate of drug-likeness (QED) is 0.346. The van der Waals surface area contributed by atoms with Crippen LogP contribution in [-0.2, 0) is 19.0 Å². The Labute approximate surface area is 214 Å². The zero-order valence-corrected chi connectivity index (χ0v) is 22.4. The zero-order valence-electron chi connectivity index (χ0n) is 22.4. The van der Waals surface area contributed by atoms with Crippen LogP contribution in [-0.4, -0.2) is 71.9 Å². The summed E-state index contributed by atoms with van der Waals surface area (Å²) in [4.78, 5) is 41.3. The second-order valence-electron chi connectivity index (χ2n) is 10.7. The largest absolute Gasteiger partial charge is 0.453 e. The highest BCUT2D eigenvalue weighted by atomic mass is 16.6. The monoisotopic (exact) mass is 498 g/mol. The number of amides is 2. The summed E-state index contributed by atoms with van der Waals surface area (Å²) < 4.78 is 16.6. The van der Waals surface area contributed by atoms with Crippen LogP contribution in [0.15, 0.2) is 24.3 Å². The molecule has 2 aliphatic rings. The third-order valence-electron chi connectivity index (χ3n) is 6.92. The fourth-order valence-corrected chi connectivity index (χ4v) is 4.98. The van der Waals surface area contributed by atoms with E-state index in [0.29, 0.717) is 19.4 Å². The van der Waals surface area contributed by atoms with Crippen LogP contribution in [0.1, 0.15) is 64.5 Å². The maximum Gasteiger partial charge on any atom is 0.410 e. The SMILES string of the molecule is COC(=O)N1CC[C@@H]2[C@H]1CCC[C@]2(C#Cc1cccc(C)c1)OC(=O)[C@H](C)N(C)C(=O)OC(C)(C)C. The molecule has 1 aromatic carbocycles. The summed E-state index contributed by atoms with van der Waals surface area (Å²) in [5.74, 6) is 5.82. The third-order valence-corrected chi connectivity index (χ3v) is 6.92. The van der Waals surface area contributed by atoms with Gasteiger partial charge in [0, 0.05) is 31.1 Å². The average Bonchev–Trinajstić information content (AvgIpc) is 3.26. The average molecular weight is 499 g/mol. The molecule has 2 fully saturated rings. The van der Waals surface area contributed by atoms with Crippen molar-refractivity contribution in [1.29, 1.82) is 0 Å². The number of likely N-dealkylation sites (tertiary alicyclic amines) is 1. The number of methoxy groups -OCH3 is 1. The molecule has 2 amide bonds. The van der Waals surface area contributed by atoms with Gasteiger partial charge < -0.3 is 19.1 Å². The molecule has 196 valence electrons. The van der Waals surface area contributed by atoms with E-state index in [4.69, 9.17) is 14.2 Å². The van der Waals surface area contributed by atoms with Gasteiger partial charge in [-0.25, -0.2) is 14.4 Å². The Hall–Kier alpha value is -3.21. The number of hydrogen-bond donors (Lipinski definition) is 0. The minimum atomic E-state index is -1.09. The van der Waals surface area contributed by atoms with E-state index in [9.17, 15) is 14.4 Å². The predicted octanol–water partition coefficient (Wildman–Crippen LogP) is 4.52. The lowest BCUT2D eigenvalue weighted by molar-refractivity contribution is -0.167. The highest BCUT2D eigenvalue weighted by Gasteiger charge is 2.54. The third kappa shape index (κ3) is 6.13. The van der Waals surface area contributed by atoms with Gasteiger partial charge in [-0.05, 0) is 83.9 Å². The molecule has 0 radical (unpaired) electrons. The van der Waals surface area contributed by atoms with E-state index < -0.39 is 29.3 Å². The highest BCUT2D eigenvalue weighted by Crippen LogP contribution is 2.45. The fourth-order valence-electron chi connectivity index (χ4n) is 4.98. The molecule has 3 rings (SSSR count). The van der Waals surface area contributed by atoms with Gasteiger partial charge >= 0.3 is 18.2 Å². The standard InChI is InChI=1S/C28H38N2O6/c1-19-10-8-11-21(18-19)13-16-28(15-9-12-23-22(28)14-17-30(23)26(33)34-7)35-24(31)20(2)29(6)25(32)36-27(3,4)5/h8,10-11,18,20,22-23H,9,12,14-15,17H2,1-7H3/t20-,22+,23+,28+/m0/s1. The van der Waals surface area contributed by atoms with Crippen molar-refractivity contribution in [2.24, 2.45) is 5.92 Å². The van der Waals surface area contributed by atoms with Crippen molar-refractivity contribution in [1.82, 2.24) is 9.80 Å². The number of esters is 1. The Kier molecular flexibility index (Phi) is 8.22. The van der Waals surface area contributed by atoms with E-state index in [1.54, 1.807) is 32.6 Å². The number of carbonyl (C=O) groups is 3. The van der Waals surface area contributed by atoms with Crippen molar-refractivity contribution < 1.29 is 28.6 Å². The van der Waals surface area contributed by atoms with Gasteiger partial charge in [0.15, 0.2) is 5.60 Å². The summed E-state index contributed by atoms with van der Waals surface area (Å²) in [6.07, 6.45) is 1.74. The summed E-state index contributed by atoms with van der Waals surface area (Å²) in [7, 11) is 2.89. The number of likely N-dealkylation sites (N-methyl/N-ethyl adjacent to an activating group) is 1. The van der Waals surface area contributed by atoms with Gasteiger partial charge in [0.2, 0.25) is 0 Å². The predicted molar refractivity (Wildman–Crippen MR) is 135 cm³/mol. The second kappa shape index (κ2) is 10.8. The van der Waals surface area contributed by atoms with Crippen molar-refractivity contribution in [2.45, 2.75) is 83.6 Å². The molecule has 0 bridgehead atoms. The Balaban J connectivity index is 1.92. The summed E-state index contributed by atoms with van der Waals surface area (Å²) in [5, 5.41) is 0. The lowest BCUT2D eigenvalue weighted by atomic mass is 9.72. The van der Waals surface area contributed by atoms with Gasteiger partial charge in [0.25, 0.3) is 0 Å². The van der Waals surface area contributed by atoms with Gasteiger partial charge in [0.05, 0.1) is 7.11 Å². The maximum atomic E-state index is 13.4. The lowest BCUT2D eigenvalue weighted by Gasteiger charge is -2.43. The smallest absolute Gasteiger partial charge is 0.410 e. The first-order valence-corrected chi connectivity index (χ1v) is 12.5. The molecule has 4 atom stereocenters. The van der Waals surface area contributed by atoms with Crippen LogP contribution < -0.4 is 0 Å². The first-order chi connectivity index (χ1) is 16.9. The summed E-state index contributed by atoms with van der Waals surface area (Å²) in [6, 6.07) is 6.83. The minimum absolute atomic E-state index is 0.135. The minimum Gasteiger partial charge on any atom is -0.453 e. The molecule has 36 heavy (non-hydrogen) atoms. The molecule has 1 aliphatic carbocycles. The number of rotatable bonds is 3. The summed E-state index contributed by atoms with van der Waals surface area (Å²) in [5.41, 5.74) is 0.136. The first-order valence-electron chi connectivity index (χ1n) is 12.5.